The molecular formula is C17H14Cl3N3O2. The zero-order chi connectivity index (χ0) is 18.0. The van der Waals surface area contributed by atoms with Gasteiger partial charge in [0.1, 0.15) is 0 Å². The highest BCUT2D eigenvalue weighted by Crippen LogP contribution is 2.30. The molecular weight excluding hydrogens is 385 g/mol. The van der Waals surface area contributed by atoms with Crippen LogP contribution in [-0.4, -0.2) is 31.4 Å². The fourth-order valence-corrected chi connectivity index (χ4v) is 3.35. The van der Waals surface area contributed by atoms with Crippen LogP contribution in [0.25, 0.3) is 0 Å². The second kappa shape index (κ2) is 7.52. The Balaban J connectivity index is 1.76. The summed E-state index contributed by atoms with van der Waals surface area (Å²) in [7, 11) is 0. The van der Waals surface area contributed by atoms with Crippen molar-refractivity contribution in [2.75, 3.05) is 29.9 Å². The number of carbonyl (C=O) groups excluding carboxylic acids is 2. The third kappa shape index (κ3) is 4.18. The molecule has 0 saturated carbocycles. The van der Waals surface area contributed by atoms with E-state index < -0.39 is 0 Å². The molecule has 0 bridgehead atoms. The molecule has 0 atom stereocenters. The van der Waals surface area contributed by atoms with Crippen molar-refractivity contribution < 1.29 is 9.59 Å². The van der Waals surface area contributed by atoms with Crippen LogP contribution < -0.4 is 15.5 Å². The Morgan fingerprint density at radius 2 is 1.88 bits per heavy atom. The Kier molecular flexibility index (Phi) is 5.37. The van der Waals surface area contributed by atoms with E-state index in [0.29, 0.717) is 34.4 Å². The number of rotatable bonds is 3. The lowest BCUT2D eigenvalue weighted by Gasteiger charge is -2.29. The minimum Gasteiger partial charge on any atom is -0.359 e. The van der Waals surface area contributed by atoms with Gasteiger partial charge in [-0.1, -0.05) is 34.8 Å². The van der Waals surface area contributed by atoms with E-state index in [4.69, 9.17) is 34.8 Å². The van der Waals surface area contributed by atoms with Crippen LogP contribution in [0.3, 0.4) is 0 Å². The van der Waals surface area contributed by atoms with Crippen molar-refractivity contribution in [3.63, 3.8) is 0 Å². The number of hydrogen-bond donors (Lipinski definition) is 2. The third-order valence-corrected chi connectivity index (χ3v) is 4.61. The fraction of sp³-hybridized carbons (Fsp3) is 0.176. The van der Waals surface area contributed by atoms with Crippen LogP contribution >= 0.6 is 34.8 Å². The molecule has 1 aliphatic heterocycles. The molecule has 8 heteroatoms. The molecule has 130 valence electrons. The zero-order valence-electron chi connectivity index (χ0n) is 13.0. The summed E-state index contributed by atoms with van der Waals surface area (Å²) in [6.07, 6.45) is 0. The van der Waals surface area contributed by atoms with Gasteiger partial charge >= 0.3 is 0 Å². The van der Waals surface area contributed by atoms with Crippen LogP contribution in [0, 0.1) is 0 Å². The average Bonchev–Trinajstić information content (AvgIpc) is 2.54. The molecule has 3 rings (SSSR count). The van der Waals surface area contributed by atoms with E-state index >= 15 is 0 Å². The van der Waals surface area contributed by atoms with Crippen molar-refractivity contribution in [2.24, 2.45) is 0 Å². The predicted molar refractivity (Wildman–Crippen MR) is 101 cm³/mol. The molecule has 1 fully saturated rings. The van der Waals surface area contributed by atoms with E-state index in [1.54, 1.807) is 30.3 Å². The first kappa shape index (κ1) is 17.9. The first-order valence-corrected chi connectivity index (χ1v) is 8.65. The quantitative estimate of drug-likeness (QED) is 0.826. The summed E-state index contributed by atoms with van der Waals surface area (Å²) in [5.74, 6) is -0.403. The van der Waals surface area contributed by atoms with Gasteiger partial charge in [-0.15, -0.1) is 0 Å². The van der Waals surface area contributed by atoms with Crippen LogP contribution in [0.15, 0.2) is 36.4 Å². The Morgan fingerprint density at radius 3 is 2.56 bits per heavy atom. The number of piperazine rings is 1. The maximum Gasteiger partial charge on any atom is 0.257 e. The second-order valence-corrected chi connectivity index (χ2v) is 6.77. The Hall–Kier alpha value is -1.95. The van der Waals surface area contributed by atoms with Crippen LogP contribution in [0.1, 0.15) is 10.4 Å². The van der Waals surface area contributed by atoms with Crippen molar-refractivity contribution in [1.29, 1.82) is 0 Å². The number of amides is 2. The monoisotopic (exact) mass is 397 g/mol. The largest absolute Gasteiger partial charge is 0.359 e. The number of nitrogens with zero attached hydrogens (tertiary/aromatic N) is 1. The molecule has 25 heavy (non-hydrogen) atoms. The van der Waals surface area contributed by atoms with E-state index in [2.05, 4.69) is 10.6 Å². The molecule has 2 aromatic carbocycles. The Bertz CT molecular complexity index is 842. The van der Waals surface area contributed by atoms with Crippen molar-refractivity contribution in [3.8, 4) is 0 Å². The molecule has 0 aliphatic carbocycles. The SMILES string of the molecule is O=C1CN(c2ccc(NC(=O)c3ccc(Cl)cc3Cl)cc2Cl)CCN1. The molecule has 2 N–H and O–H groups in total. The second-order valence-electron chi connectivity index (χ2n) is 5.52. The van der Waals surface area contributed by atoms with Crippen molar-refractivity contribution in [2.45, 2.75) is 0 Å². The zero-order valence-corrected chi connectivity index (χ0v) is 15.3. The van der Waals surface area contributed by atoms with Crippen molar-refractivity contribution >= 4 is 58.0 Å². The average molecular weight is 399 g/mol. The van der Waals surface area contributed by atoms with Gasteiger partial charge in [0, 0.05) is 23.8 Å². The van der Waals surface area contributed by atoms with Crippen molar-refractivity contribution in [1.82, 2.24) is 5.32 Å². The van der Waals surface area contributed by atoms with Gasteiger partial charge in [-0.05, 0) is 36.4 Å². The smallest absolute Gasteiger partial charge is 0.257 e. The van der Waals surface area contributed by atoms with Gasteiger partial charge in [0.25, 0.3) is 5.91 Å². The summed E-state index contributed by atoms with van der Waals surface area (Å²) in [5.41, 5.74) is 1.60. The van der Waals surface area contributed by atoms with Gasteiger partial charge in [-0.2, -0.15) is 0 Å². The number of halogens is 3. The van der Waals surface area contributed by atoms with Crippen LogP contribution in [-0.2, 0) is 4.79 Å². The third-order valence-electron chi connectivity index (χ3n) is 3.76. The lowest BCUT2D eigenvalue weighted by atomic mass is 10.2. The van der Waals surface area contributed by atoms with Crippen LogP contribution in [0.2, 0.25) is 15.1 Å². The van der Waals surface area contributed by atoms with Gasteiger partial charge < -0.3 is 15.5 Å². The van der Waals surface area contributed by atoms with Crippen LogP contribution in [0.4, 0.5) is 11.4 Å². The first-order chi connectivity index (χ1) is 11.9. The number of nitrogens with one attached hydrogen (secondary N) is 2. The lowest BCUT2D eigenvalue weighted by molar-refractivity contribution is -0.120. The van der Waals surface area contributed by atoms with Gasteiger partial charge in [0.05, 0.1) is 27.8 Å². The summed E-state index contributed by atoms with van der Waals surface area (Å²) >= 11 is 18.2. The number of hydrogen-bond acceptors (Lipinski definition) is 3. The minimum atomic E-state index is -0.358. The molecule has 1 heterocycles. The first-order valence-electron chi connectivity index (χ1n) is 7.51. The fourth-order valence-electron chi connectivity index (χ4n) is 2.56. The van der Waals surface area contributed by atoms with Gasteiger partial charge in [-0.3, -0.25) is 9.59 Å². The normalized spacial score (nSPS) is 14.2. The topological polar surface area (TPSA) is 61.4 Å². The minimum absolute atomic E-state index is 0.0444. The Labute approximate surface area is 159 Å². The van der Waals surface area contributed by atoms with E-state index in [1.165, 1.54) is 6.07 Å². The molecule has 5 nitrogen and oxygen atoms in total. The highest BCUT2D eigenvalue weighted by molar-refractivity contribution is 6.37. The van der Waals surface area contributed by atoms with Gasteiger partial charge in [0.2, 0.25) is 5.91 Å². The maximum absolute atomic E-state index is 12.3. The molecule has 2 aromatic rings. The highest BCUT2D eigenvalue weighted by atomic mass is 35.5. The molecule has 0 radical (unpaired) electrons. The molecule has 1 aliphatic rings. The molecule has 0 aromatic heterocycles. The Morgan fingerprint density at radius 1 is 1.08 bits per heavy atom. The molecule has 2 amide bonds. The predicted octanol–water partition coefficient (Wildman–Crippen LogP) is 3.84. The van der Waals surface area contributed by atoms with E-state index in [9.17, 15) is 9.59 Å². The molecule has 1 saturated heterocycles. The standard InChI is InChI=1S/C17H14Cl3N3O2/c18-10-1-3-12(13(19)7-10)17(25)22-11-2-4-15(14(20)8-11)23-6-5-21-16(24)9-23/h1-4,7-8H,5-6,9H2,(H,21,24)(H,22,25). The summed E-state index contributed by atoms with van der Waals surface area (Å²) in [4.78, 5) is 25.7. The maximum atomic E-state index is 12.3. The number of anilines is 2. The number of benzene rings is 2. The molecule has 0 spiro atoms. The number of carbonyl (C=O) groups is 2. The summed E-state index contributed by atoms with van der Waals surface area (Å²) in [5, 5.41) is 6.69. The van der Waals surface area contributed by atoms with Crippen LogP contribution in [0.5, 0.6) is 0 Å². The van der Waals surface area contributed by atoms with E-state index in [1.807, 2.05) is 4.90 Å². The summed E-state index contributed by atoms with van der Waals surface area (Å²) < 4.78 is 0. The van der Waals surface area contributed by atoms with E-state index in [0.717, 1.165) is 5.69 Å². The summed E-state index contributed by atoms with van der Waals surface area (Å²) in [6.45, 7) is 1.51. The van der Waals surface area contributed by atoms with Gasteiger partial charge in [-0.25, -0.2) is 0 Å². The molecule has 0 unspecified atom stereocenters. The summed E-state index contributed by atoms with van der Waals surface area (Å²) in [6, 6.07) is 9.82. The highest BCUT2D eigenvalue weighted by Gasteiger charge is 2.19. The van der Waals surface area contributed by atoms with Gasteiger partial charge in [0.15, 0.2) is 0 Å². The van der Waals surface area contributed by atoms with E-state index in [-0.39, 0.29) is 23.4 Å². The van der Waals surface area contributed by atoms with Crippen molar-refractivity contribution in [3.05, 3.63) is 57.0 Å². The lowest BCUT2D eigenvalue weighted by Crippen LogP contribution is -2.47.